The van der Waals surface area contributed by atoms with Crippen molar-refractivity contribution in [3.05, 3.63) is 16.5 Å². The Kier molecular flexibility index (Phi) is 3.69. The predicted octanol–water partition coefficient (Wildman–Crippen LogP) is 1.75. The Morgan fingerprint density at radius 1 is 1.50 bits per heavy atom. The minimum absolute atomic E-state index is 0.0847. The summed E-state index contributed by atoms with van der Waals surface area (Å²) in [6.07, 6.45) is 1.20. The number of carbonyl (C=O) groups is 1. The Balaban J connectivity index is 2.90. The van der Waals surface area contributed by atoms with E-state index >= 15 is 0 Å². The lowest BCUT2D eigenvalue weighted by Gasteiger charge is -2.02. The Bertz CT molecular complexity index is 422. The van der Waals surface area contributed by atoms with Crippen LogP contribution in [-0.2, 0) is 4.79 Å². The van der Waals surface area contributed by atoms with Crippen LogP contribution in [0.25, 0.3) is 0 Å². The zero-order chi connectivity index (χ0) is 10.6. The number of anilines is 1. The van der Waals surface area contributed by atoms with Gasteiger partial charge >= 0.3 is 5.91 Å². The largest absolute Gasteiger partial charge is 0.301 e. The van der Waals surface area contributed by atoms with Crippen LogP contribution < -0.4 is 5.32 Å². The SMILES string of the molecule is CC#CC(=O)Nc1ncnc(Cl)c1Cl. The van der Waals surface area contributed by atoms with Crippen LogP contribution in [0, 0.1) is 11.8 Å². The van der Waals surface area contributed by atoms with Crippen LogP contribution in [0.5, 0.6) is 0 Å². The molecule has 72 valence electrons. The van der Waals surface area contributed by atoms with Gasteiger partial charge in [-0.1, -0.05) is 29.1 Å². The average Bonchev–Trinajstić information content (AvgIpc) is 2.13. The molecule has 0 aromatic carbocycles. The summed E-state index contributed by atoms with van der Waals surface area (Å²) in [5.74, 6) is 4.37. The zero-order valence-corrected chi connectivity index (χ0v) is 8.65. The van der Waals surface area contributed by atoms with Gasteiger partial charge in [-0.05, 0) is 12.8 Å². The maximum atomic E-state index is 11.0. The minimum atomic E-state index is -0.496. The molecular formula is C8H5Cl2N3O. The topological polar surface area (TPSA) is 54.9 Å². The first-order valence-electron chi connectivity index (χ1n) is 3.55. The molecule has 14 heavy (non-hydrogen) atoms. The van der Waals surface area contributed by atoms with Crippen LogP contribution in [0.3, 0.4) is 0 Å². The molecule has 4 nitrogen and oxygen atoms in total. The quantitative estimate of drug-likeness (QED) is 0.590. The highest BCUT2D eigenvalue weighted by atomic mass is 35.5. The van der Waals surface area contributed by atoms with Crippen molar-refractivity contribution in [1.29, 1.82) is 0 Å². The first-order chi connectivity index (χ1) is 6.65. The normalized spacial score (nSPS) is 8.79. The Hall–Kier alpha value is -1.31. The highest BCUT2D eigenvalue weighted by Crippen LogP contribution is 2.24. The molecule has 1 aromatic heterocycles. The number of amides is 1. The van der Waals surface area contributed by atoms with Crippen molar-refractivity contribution < 1.29 is 4.79 Å². The molecule has 0 aliphatic rings. The number of rotatable bonds is 1. The molecule has 0 fully saturated rings. The van der Waals surface area contributed by atoms with Crippen LogP contribution in [-0.4, -0.2) is 15.9 Å². The van der Waals surface area contributed by atoms with Crippen molar-refractivity contribution in [2.45, 2.75) is 6.92 Å². The van der Waals surface area contributed by atoms with Gasteiger partial charge in [-0.15, -0.1) is 0 Å². The zero-order valence-electron chi connectivity index (χ0n) is 7.14. The lowest BCUT2D eigenvalue weighted by atomic mass is 10.5. The number of nitrogens with one attached hydrogen (secondary N) is 1. The van der Waals surface area contributed by atoms with E-state index in [-0.39, 0.29) is 16.0 Å². The van der Waals surface area contributed by atoms with Gasteiger partial charge in [0, 0.05) is 0 Å². The van der Waals surface area contributed by atoms with Gasteiger partial charge in [-0.3, -0.25) is 10.1 Å². The summed E-state index contributed by atoms with van der Waals surface area (Å²) in [7, 11) is 0. The van der Waals surface area contributed by atoms with Gasteiger partial charge in [-0.2, -0.15) is 0 Å². The predicted molar refractivity (Wildman–Crippen MR) is 54.1 cm³/mol. The second-order valence-electron chi connectivity index (χ2n) is 2.16. The molecule has 0 aliphatic carbocycles. The maximum Gasteiger partial charge on any atom is 0.301 e. The third kappa shape index (κ3) is 2.59. The number of carbonyl (C=O) groups excluding carboxylic acids is 1. The van der Waals surface area contributed by atoms with Crippen LogP contribution in [0.4, 0.5) is 5.82 Å². The molecule has 1 amide bonds. The second kappa shape index (κ2) is 4.80. The van der Waals surface area contributed by atoms with Crippen LogP contribution >= 0.6 is 23.2 Å². The molecule has 0 aliphatic heterocycles. The van der Waals surface area contributed by atoms with E-state index in [1.54, 1.807) is 6.92 Å². The monoisotopic (exact) mass is 229 g/mol. The van der Waals surface area contributed by atoms with Gasteiger partial charge in [0.05, 0.1) is 0 Å². The van der Waals surface area contributed by atoms with E-state index in [0.29, 0.717) is 0 Å². The van der Waals surface area contributed by atoms with E-state index in [0.717, 1.165) is 0 Å². The smallest absolute Gasteiger partial charge is 0.298 e. The molecule has 1 rings (SSSR count). The van der Waals surface area contributed by atoms with Crippen LogP contribution in [0.1, 0.15) is 6.92 Å². The van der Waals surface area contributed by atoms with E-state index in [4.69, 9.17) is 23.2 Å². The highest BCUT2D eigenvalue weighted by Gasteiger charge is 2.08. The number of hydrogen-bond donors (Lipinski definition) is 1. The number of hydrogen-bond acceptors (Lipinski definition) is 3. The number of aromatic nitrogens is 2. The van der Waals surface area contributed by atoms with E-state index in [1.165, 1.54) is 6.33 Å². The van der Waals surface area contributed by atoms with Gasteiger partial charge in [0.1, 0.15) is 11.3 Å². The first-order valence-corrected chi connectivity index (χ1v) is 4.30. The molecule has 1 aromatic rings. The van der Waals surface area contributed by atoms with E-state index < -0.39 is 5.91 Å². The van der Waals surface area contributed by atoms with Crippen molar-refractivity contribution in [1.82, 2.24) is 9.97 Å². The van der Waals surface area contributed by atoms with Crippen molar-refractivity contribution in [2.75, 3.05) is 5.32 Å². The lowest BCUT2D eigenvalue weighted by Crippen LogP contribution is -2.10. The summed E-state index contributed by atoms with van der Waals surface area (Å²) >= 11 is 11.3. The molecule has 1 heterocycles. The number of nitrogens with zero attached hydrogens (tertiary/aromatic N) is 2. The summed E-state index contributed by atoms with van der Waals surface area (Å²) < 4.78 is 0. The van der Waals surface area contributed by atoms with Gasteiger partial charge in [0.25, 0.3) is 0 Å². The highest BCUT2D eigenvalue weighted by molar-refractivity contribution is 6.43. The van der Waals surface area contributed by atoms with Crippen LogP contribution in [0.2, 0.25) is 10.2 Å². The van der Waals surface area contributed by atoms with Crippen molar-refractivity contribution in [3.8, 4) is 11.8 Å². The Labute approximate surface area is 90.6 Å². The molecule has 0 bridgehead atoms. The molecular weight excluding hydrogens is 225 g/mol. The Morgan fingerprint density at radius 3 is 2.86 bits per heavy atom. The molecule has 0 radical (unpaired) electrons. The first kappa shape index (κ1) is 10.8. The van der Waals surface area contributed by atoms with E-state index in [9.17, 15) is 4.79 Å². The fraction of sp³-hybridized carbons (Fsp3) is 0.125. The minimum Gasteiger partial charge on any atom is -0.298 e. The summed E-state index contributed by atoms with van der Waals surface area (Å²) in [6.45, 7) is 1.55. The van der Waals surface area contributed by atoms with Crippen molar-refractivity contribution >= 4 is 34.9 Å². The van der Waals surface area contributed by atoms with Gasteiger partial charge < -0.3 is 0 Å². The van der Waals surface area contributed by atoms with Crippen molar-refractivity contribution in [2.24, 2.45) is 0 Å². The molecule has 1 N–H and O–H groups in total. The summed E-state index contributed by atoms with van der Waals surface area (Å²) in [4.78, 5) is 18.4. The molecule has 0 spiro atoms. The van der Waals surface area contributed by atoms with Crippen molar-refractivity contribution in [3.63, 3.8) is 0 Å². The second-order valence-corrected chi connectivity index (χ2v) is 2.89. The van der Waals surface area contributed by atoms with Gasteiger partial charge in [0.15, 0.2) is 11.0 Å². The summed E-state index contributed by atoms with van der Waals surface area (Å²) in [5, 5.41) is 2.55. The number of halogens is 2. The lowest BCUT2D eigenvalue weighted by molar-refractivity contribution is -0.111. The molecule has 6 heteroatoms. The standard InChI is InChI=1S/C8H5Cl2N3O/c1-2-3-5(14)13-8-6(9)7(10)11-4-12-8/h4H,1H3,(H,11,12,13,14). The third-order valence-electron chi connectivity index (χ3n) is 1.22. The summed E-state index contributed by atoms with van der Waals surface area (Å²) in [6, 6.07) is 0. The average molecular weight is 230 g/mol. The van der Waals surface area contributed by atoms with Gasteiger partial charge in [-0.25, -0.2) is 9.97 Å². The molecule has 0 saturated carbocycles. The van der Waals surface area contributed by atoms with Crippen LogP contribution in [0.15, 0.2) is 6.33 Å². The molecule has 0 saturated heterocycles. The third-order valence-corrected chi connectivity index (χ3v) is 1.96. The van der Waals surface area contributed by atoms with Gasteiger partial charge in [0.2, 0.25) is 0 Å². The fourth-order valence-electron chi connectivity index (χ4n) is 0.688. The van der Waals surface area contributed by atoms with E-state index in [1.807, 2.05) is 0 Å². The van der Waals surface area contributed by atoms with E-state index in [2.05, 4.69) is 27.1 Å². The fourth-order valence-corrected chi connectivity index (χ4v) is 0.966. The molecule has 0 atom stereocenters. The Morgan fingerprint density at radius 2 is 2.21 bits per heavy atom. The molecule has 0 unspecified atom stereocenters. The summed E-state index contributed by atoms with van der Waals surface area (Å²) in [5.41, 5.74) is 0. The maximum absolute atomic E-state index is 11.0.